The molecule has 0 aliphatic heterocycles. The lowest BCUT2D eigenvalue weighted by Crippen LogP contribution is -2.36. The standard InChI is InChI=1S/C6H12N2O/c7-4-1-2-5(8)6(9)3-4/h3,5-6,9H,1-2,7-8H2. The molecule has 0 bridgehead atoms. The molecule has 52 valence electrons. The van der Waals surface area contributed by atoms with Crippen LogP contribution in [0, 0.1) is 0 Å². The van der Waals surface area contributed by atoms with E-state index in [1.807, 2.05) is 0 Å². The molecule has 0 radical (unpaired) electrons. The minimum absolute atomic E-state index is 0.114. The first-order chi connectivity index (χ1) is 4.20. The van der Waals surface area contributed by atoms with Crippen LogP contribution in [0.15, 0.2) is 11.8 Å². The smallest absolute Gasteiger partial charge is 0.0891 e. The van der Waals surface area contributed by atoms with E-state index in [2.05, 4.69) is 0 Å². The van der Waals surface area contributed by atoms with Crippen molar-refractivity contribution in [2.45, 2.75) is 25.0 Å². The van der Waals surface area contributed by atoms with Gasteiger partial charge in [-0.2, -0.15) is 0 Å². The van der Waals surface area contributed by atoms with Crippen LogP contribution in [0.1, 0.15) is 12.8 Å². The Bertz CT molecular complexity index is 133. The molecule has 3 nitrogen and oxygen atoms in total. The molecule has 2 unspecified atom stereocenters. The molecule has 9 heavy (non-hydrogen) atoms. The number of allylic oxidation sites excluding steroid dienone is 1. The first-order valence-corrected chi connectivity index (χ1v) is 3.10. The van der Waals surface area contributed by atoms with Gasteiger partial charge in [-0.05, 0) is 18.9 Å². The fourth-order valence-corrected chi connectivity index (χ4v) is 0.930. The number of aliphatic hydroxyl groups excluding tert-OH is 1. The van der Waals surface area contributed by atoms with Gasteiger partial charge in [0.25, 0.3) is 0 Å². The summed E-state index contributed by atoms with van der Waals surface area (Å²) >= 11 is 0. The van der Waals surface area contributed by atoms with Gasteiger partial charge in [-0.1, -0.05) is 0 Å². The SMILES string of the molecule is NC1=CC(O)C(N)CC1. The van der Waals surface area contributed by atoms with Crippen molar-refractivity contribution in [2.75, 3.05) is 0 Å². The molecule has 0 fully saturated rings. The molecule has 2 atom stereocenters. The van der Waals surface area contributed by atoms with E-state index in [1.165, 1.54) is 0 Å². The third-order valence-electron chi connectivity index (χ3n) is 1.59. The van der Waals surface area contributed by atoms with Crippen LogP contribution in [0.5, 0.6) is 0 Å². The highest BCUT2D eigenvalue weighted by molar-refractivity contribution is 5.08. The molecule has 5 N–H and O–H groups in total. The lowest BCUT2D eigenvalue weighted by molar-refractivity contribution is 0.178. The van der Waals surface area contributed by atoms with Crippen molar-refractivity contribution in [1.82, 2.24) is 0 Å². The summed E-state index contributed by atoms with van der Waals surface area (Å²) in [5, 5.41) is 9.07. The number of aliphatic hydroxyl groups is 1. The second-order valence-corrected chi connectivity index (χ2v) is 2.43. The lowest BCUT2D eigenvalue weighted by Gasteiger charge is -2.20. The normalized spacial score (nSPS) is 36.0. The van der Waals surface area contributed by atoms with Crippen LogP contribution in [0.25, 0.3) is 0 Å². The van der Waals surface area contributed by atoms with Crippen molar-refractivity contribution in [1.29, 1.82) is 0 Å². The lowest BCUT2D eigenvalue weighted by atomic mass is 9.98. The van der Waals surface area contributed by atoms with Crippen LogP contribution >= 0.6 is 0 Å². The van der Waals surface area contributed by atoms with Gasteiger partial charge in [0, 0.05) is 11.7 Å². The van der Waals surface area contributed by atoms with Crippen molar-refractivity contribution < 1.29 is 5.11 Å². The number of nitrogens with two attached hydrogens (primary N) is 2. The summed E-state index contributed by atoms with van der Waals surface area (Å²) in [5.41, 5.74) is 11.7. The molecule has 0 aromatic rings. The van der Waals surface area contributed by atoms with Gasteiger partial charge < -0.3 is 16.6 Å². The van der Waals surface area contributed by atoms with E-state index in [4.69, 9.17) is 16.6 Å². The molecule has 0 saturated heterocycles. The van der Waals surface area contributed by atoms with Gasteiger partial charge in [0.05, 0.1) is 6.10 Å². The molecular formula is C6H12N2O. The third-order valence-corrected chi connectivity index (χ3v) is 1.59. The van der Waals surface area contributed by atoms with Gasteiger partial charge in [0.2, 0.25) is 0 Å². The maximum Gasteiger partial charge on any atom is 0.0891 e. The first kappa shape index (κ1) is 6.58. The molecule has 0 spiro atoms. The minimum atomic E-state index is -0.529. The summed E-state index contributed by atoms with van der Waals surface area (Å²) < 4.78 is 0. The Morgan fingerprint density at radius 1 is 1.67 bits per heavy atom. The van der Waals surface area contributed by atoms with Crippen molar-refractivity contribution in [3.8, 4) is 0 Å². The second-order valence-electron chi connectivity index (χ2n) is 2.43. The maximum atomic E-state index is 9.07. The predicted octanol–water partition coefficient (Wildman–Crippen LogP) is -0.689. The summed E-state index contributed by atoms with van der Waals surface area (Å²) in [4.78, 5) is 0. The zero-order valence-corrected chi connectivity index (χ0v) is 5.25. The average Bonchev–Trinajstić information content (AvgIpc) is 1.80. The molecule has 0 amide bonds. The molecular weight excluding hydrogens is 116 g/mol. The summed E-state index contributed by atoms with van der Waals surface area (Å²) in [5.74, 6) is 0. The Kier molecular flexibility index (Phi) is 1.73. The Morgan fingerprint density at radius 2 is 2.33 bits per heavy atom. The first-order valence-electron chi connectivity index (χ1n) is 3.10. The molecule has 0 aromatic heterocycles. The maximum absolute atomic E-state index is 9.07. The zero-order valence-electron chi connectivity index (χ0n) is 5.25. The number of hydrogen-bond donors (Lipinski definition) is 3. The van der Waals surface area contributed by atoms with Crippen molar-refractivity contribution in [3.63, 3.8) is 0 Å². The predicted molar refractivity (Wildman–Crippen MR) is 35.5 cm³/mol. The highest BCUT2D eigenvalue weighted by Crippen LogP contribution is 2.12. The van der Waals surface area contributed by atoms with E-state index in [0.29, 0.717) is 0 Å². The summed E-state index contributed by atoms with van der Waals surface area (Å²) in [6.45, 7) is 0. The largest absolute Gasteiger partial charge is 0.402 e. The van der Waals surface area contributed by atoms with Gasteiger partial charge in [-0.15, -0.1) is 0 Å². The minimum Gasteiger partial charge on any atom is -0.402 e. The van der Waals surface area contributed by atoms with Crippen LogP contribution in [0.4, 0.5) is 0 Å². The fraction of sp³-hybridized carbons (Fsp3) is 0.667. The van der Waals surface area contributed by atoms with E-state index in [9.17, 15) is 0 Å². The Hall–Kier alpha value is -0.540. The fourth-order valence-electron chi connectivity index (χ4n) is 0.930. The van der Waals surface area contributed by atoms with E-state index in [-0.39, 0.29) is 6.04 Å². The molecule has 3 heteroatoms. The van der Waals surface area contributed by atoms with Crippen LogP contribution in [-0.2, 0) is 0 Å². The summed E-state index contributed by atoms with van der Waals surface area (Å²) in [7, 11) is 0. The number of hydrogen-bond acceptors (Lipinski definition) is 3. The average molecular weight is 128 g/mol. The van der Waals surface area contributed by atoms with Gasteiger partial charge >= 0.3 is 0 Å². The van der Waals surface area contributed by atoms with E-state index < -0.39 is 6.10 Å². The monoisotopic (exact) mass is 128 g/mol. The molecule has 1 aliphatic rings. The molecule has 0 saturated carbocycles. The quantitative estimate of drug-likeness (QED) is 0.404. The molecule has 0 heterocycles. The number of rotatable bonds is 0. The highest BCUT2D eigenvalue weighted by atomic mass is 16.3. The molecule has 1 rings (SSSR count). The van der Waals surface area contributed by atoms with Gasteiger partial charge in [0.15, 0.2) is 0 Å². The summed E-state index contributed by atoms with van der Waals surface area (Å²) in [6, 6.07) is -0.114. The Morgan fingerprint density at radius 3 is 2.78 bits per heavy atom. The van der Waals surface area contributed by atoms with Crippen LogP contribution < -0.4 is 11.5 Å². The Balaban J connectivity index is 2.58. The van der Waals surface area contributed by atoms with Crippen molar-refractivity contribution in [2.24, 2.45) is 11.5 Å². The van der Waals surface area contributed by atoms with E-state index in [0.717, 1.165) is 18.5 Å². The second kappa shape index (κ2) is 2.37. The van der Waals surface area contributed by atoms with Gasteiger partial charge in [-0.3, -0.25) is 0 Å². The Labute approximate surface area is 54.3 Å². The van der Waals surface area contributed by atoms with E-state index in [1.54, 1.807) is 6.08 Å². The van der Waals surface area contributed by atoms with Crippen LogP contribution in [-0.4, -0.2) is 17.3 Å². The highest BCUT2D eigenvalue weighted by Gasteiger charge is 2.16. The molecule has 1 aliphatic carbocycles. The molecule has 0 aromatic carbocycles. The van der Waals surface area contributed by atoms with Crippen LogP contribution in [0.2, 0.25) is 0 Å². The summed E-state index contributed by atoms with van der Waals surface area (Å²) in [6.07, 6.45) is 2.70. The van der Waals surface area contributed by atoms with Crippen molar-refractivity contribution >= 4 is 0 Å². The third kappa shape index (κ3) is 1.43. The van der Waals surface area contributed by atoms with Gasteiger partial charge in [0.1, 0.15) is 0 Å². The van der Waals surface area contributed by atoms with Gasteiger partial charge in [-0.25, -0.2) is 0 Å². The van der Waals surface area contributed by atoms with Crippen LogP contribution in [0.3, 0.4) is 0 Å². The van der Waals surface area contributed by atoms with E-state index >= 15 is 0 Å². The topological polar surface area (TPSA) is 72.3 Å². The van der Waals surface area contributed by atoms with Crippen molar-refractivity contribution in [3.05, 3.63) is 11.8 Å². The zero-order chi connectivity index (χ0) is 6.85.